The lowest BCUT2D eigenvalue weighted by Gasteiger charge is -2.08. The maximum Gasteiger partial charge on any atom is 0.0897 e. The van der Waals surface area contributed by atoms with Crippen LogP contribution in [-0.4, -0.2) is 21.0 Å². The first-order chi connectivity index (χ1) is 6.63. The van der Waals surface area contributed by atoms with Gasteiger partial charge in [-0.15, -0.1) is 11.3 Å². The van der Waals surface area contributed by atoms with E-state index in [1.54, 1.807) is 11.3 Å². The van der Waals surface area contributed by atoms with Gasteiger partial charge in [0.15, 0.2) is 0 Å². The second-order valence-electron chi connectivity index (χ2n) is 3.27. The Labute approximate surface area is 91.2 Å². The van der Waals surface area contributed by atoms with Crippen molar-refractivity contribution in [3.8, 4) is 0 Å². The lowest BCUT2D eigenvalue weighted by molar-refractivity contribution is 0.665. The first-order valence-electron chi connectivity index (χ1n) is 4.61. The summed E-state index contributed by atoms with van der Waals surface area (Å²) in [6.45, 7) is 4.53. The Morgan fingerprint density at radius 2 is 2.43 bits per heavy atom. The number of nitrogens with two attached hydrogens (primary N) is 1. The SMILES string of the molecule is Cc1nc(CS(=O)C(C)CCN)cs1. The molecule has 0 bridgehead atoms. The molecule has 5 heteroatoms. The molecule has 0 aliphatic carbocycles. The molecule has 1 aromatic rings. The standard InChI is InChI=1S/C9H16N2OS2/c1-7(3-4-10)14(12)6-9-5-13-8(2)11-9/h5,7H,3-4,6,10H2,1-2H3. The predicted octanol–water partition coefficient (Wildman–Crippen LogP) is 1.44. The van der Waals surface area contributed by atoms with Crippen LogP contribution < -0.4 is 5.73 Å². The minimum Gasteiger partial charge on any atom is -0.330 e. The van der Waals surface area contributed by atoms with Crippen molar-refractivity contribution in [3.05, 3.63) is 16.1 Å². The van der Waals surface area contributed by atoms with Crippen LogP contribution in [0.4, 0.5) is 0 Å². The summed E-state index contributed by atoms with van der Waals surface area (Å²) in [4.78, 5) is 4.29. The molecule has 0 aromatic carbocycles. The van der Waals surface area contributed by atoms with Crippen LogP contribution in [-0.2, 0) is 16.6 Å². The Morgan fingerprint density at radius 3 is 2.93 bits per heavy atom. The number of hydrogen-bond acceptors (Lipinski definition) is 4. The molecule has 0 saturated heterocycles. The third-order valence-electron chi connectivity index (χ3n) is 1.98. The molecule has 14 heavy (non-hydrogen) atoms. The van der Waals surface area contributed by atoms with Crippen molar-refractivity contribution in [2.24, 2.45) is 5.73 Å². The largest absolute Gasteiger partial charge is 0.330 e. The fourth-order valence-corrected chi connectivity index (χ4v) is 2.97. The van der Waals surface area contributed by atoms with E-state index in [1.165, 1.54) is 0 Å². The van der Waals surface area contributed by atoms with Crippen LogP contribution in [0.25, 0.3) is 0 Å². The maximum absolute atomic E-state index is 11.7. The van der Waals surface area contributed by atoms with E-state index in [9.17, 15) is 4.21 Å². The second-order valence-corrected chi connectivity index (χ2v) is 6.19. The fraction of sp³-hybridized carbons (Fsp3) is 0.667. The zero-order chi connectivity index (χ0) is 10.6. The van der Waals surface area contributed by atoms with Gasteiger partial charge in [-0.3, -0.25) is 4.21 Å². The molecule has 2 N–H and O–H groups in total. The molecule has 3 nitrogen and oxygen atoms in total. The minimum absolute atomic E-state index is 0.169. The van der Waals surface area contributed by atoms with Gasteiger partial charge in [0.25, 0.3) is 0 Å². The zero-order valence-corrected chi connectivity index (χ0v) is 10.2. The van der Waals surface area contributed by atoms with Gasteiger partial charge in [-0.05, 0) is 19.9 Å². The fourth-order valence-electron chi connectivity index (χ4n) is 1.13. The summed E-state index contributed by atoms with van der Waals surface area (Å²) in [6.07, 6.45) is 0.815. The van der Waals surface area contributed by atoms with Crippen molar-refractivity contribution < 1.29 is 4.21 Å². The molecule has 0 saturated carbocycles. The van der Waals surface area contributed by atoms with Crippen LogP contribution in [0.15, 0.2) is 5.38 Å². The van der Waals surface area contributed by atoms with Crippen LogP contribution in [0.3, 0.4) is 0 Å². The Hall–Kier alpha value is -0.260. The van der Waals surface area contributed by atoms with Gasteiger partial charge < -0.3 is 5.73 Å². The van der Waals surface area contributed by atoms with Gasteiger partial charge in [0.1, 0.15) is 0 Å². The van der Waals surface area contributed by atoms with Crippen molar-refractivity contribution in [3.63, 3.8) is 0 Å². The van der Waals surface area contributed by atoms with Gasteiger partial charge in [0.05, 0.1) is 16.5 Å². The maximum atomic E-state index is 11.7. The molecule has 0 fully saturated rings. The van der Waals surface area contributed by atoms with Gasteiger partial charge in [-0.25, -0.2) is 4.98 Å². The summed E-state index contributed by atoms with van der Waals surface area (Å²) in [5, 5.41) is 3.17. The molecule has 0 radical (unpaired) electrons. The summed E-state index contributed by atoms with van der Waals surface area (Å²) in [7, 11) is -0.838. The van der Waals surface area contributed by atoms with Crippen LogP contribution in [0.1, 0.15) is 24.0 Å². The quantitative estimate of drug-likeness (QED) is 0.835. The number of aryl methyl sites for hydroxylation is 1. The third kappa shape index (κ3) is 3.48. The van der Waals surface area contributed by atoms with Gasteiger partial charge in [-0.1, -0.05) is 6.92 Å². The highest BCUT2D eigenvalue weighted by Crippen LogP contribution is 2.12. The van der Waals surface area contributed by atoms with Crippen LogP contribution in [0.2, 0.25) is 0 Å². The van der Waals surface area contributed by atoms with E-state index in [0.29, 0.717) is 12.3 Å². The molecule has 1 aromatic heterocycles. The highest BCUT2D eigenvalue weighted by Gasteiger charge is 2.12. The van der Waals surface area contributed by atoms with E-state index < -0.39 is 10.8 Å². The molecule has 2 atom stereocenters. The van der Waals surface area contributed by atoms with E-state index in [-0.39, 0.29) is 5.25 Å². The summed E-state index contributed by atoms with van der Waals surface area (Å²) in [5.74, 6) is 0.561. The first kappa shape index (κ1) is 11.8. The number of aromatic nitrogens is 1. The average Bonchev–Trinajstić information content (AvgIpc) is 2.51. The van der Waals surface area contributed by atoms with Gasteiger partial charge in [-0.2, -0.15) is 0 Å². The number of thiazole rings is 1. The van der Waals surface area contributed by atoms with E-state index in [0.717, 1.165) is 17.1 Å². The molecular weight excluding hydrogens is 216 g/mol. The minimum atomic E-state index is -0.838. The summed E-state index contributed by atoms with van der Waals surface area (Å²) in [6, 6.07) is 0. The summed E-state index contributed by atoms with van der Waals surface area (Å²) in [5.41, 5.74) is 6.36. The monoisotopic (exact) mass is 232 g/mol. The van der Waals surface area contributed by atoms with Crippen molar-refractivity contribution >= 4 is 22.1 Å². The van der Waals surface area contributed by atoms with Crippen molar-refractivity contribution in [1.82, 2.24) is 4.98 Å². The Bertz CT molecular complexity index is 312. The topological polar surface area (TPSA) is 56.0 Å². The Kier molecular flexibility index (Phi) is 4.71. The van der Waals surface area contributed by atoms with E-state index in [4.69, 9.17) is 5.73 Å². The van der Waals surface area contributed by atoms with Gasteiger partial charge >= 0.3 is 0 Å². The van der Waals surface area contributed by atoms with Crippen molar-refractivity contribution in [2.45, 2.75) is 31.3 Å². The molecule has 0 amide bonds. The molecule has 1 rings (SSSR count). The first-order valence-corrected chi connectivity index (χ1v) is 6.88. The molecule has 1 heterocycles. The van der Waals surface area contributed by atoms with Crippen LogP contribution in [0.5, 0.6) is 0 Å². The van der Waals surface area contributed by atoms with E-state index >= 15 is 0 Å². The molecular formula is C9H16N2OS2. The summed E-state index contributed by atoms with van der Waals surface area (Å²) < 4.78 is 11.7. The lowest BCUT2D eigenvalue weighted by Crippen LogP contribution is -2.17. The van der Waals surface area contributed by atoms with Crippen LogP contribution >= 0.6 is 11.3 Å². The molecule has 80 valence electrons. The normalized spacial score (nSPS) is 15.4. The summed E-state index contributed by atoms with van der Waals surface area (Å²) >= 11 is 1.60. The molecule has 0 aliphatic rings. The Morgan fingerprint density at radius 1 is 1.71 bits per heavy atom. The number of hydrogen-bond donors (Lipinski definition) is 1. The van der Waals surface area contributed by atoms with Gasteiger partial charge in [0, 0.05) is 21.4 Å². The van der Waals surface area contributed by atoms with Gasteiger partial charge in [0.2, 0.25) is 0 Å². The second kappa shape index (κ2) is 5.58. The molecule has 0 aliphatic heterocycles. The zero-order valence-electron chi connectivity index (χ0n) is 8.53. The lowest BCUT2D eigenvalue weighted by atomic mass is 10.3. The molecule has 2 unspecified atom stereocenters. The smallest absolute Gasteiger partial charge is 0.0897 e. The number of nitrogens with zero attached hydrogens (tertiary/aromatic N) is 1. The highest BCUT2D eigenvalue weighted by atomic mass is 32.2. The average molecular weight is 232 g/mol. The van der Waals surface area contributed by atoms with Crippen LogP contribution in [0, 0.1) is 6.92 Å². The van der Waals surface area contributed by atoms with Crippen molar-refractivity contribution in [2.75, 3.05) is 6.54 Å². The predicted molar refractivity (Wildman–Crippen MR) is 61.8 cm³/mol. The van der Waals surface area contributed by atoms with E-state index in [1.807, 2.05) is 19.2 Å². The van der Waals surface area contributed by atoms with Crippen molar-refractivity contribution in [1.29, 1.82) is 0 Å². The van der Waals surface area contributed by atoms with E-state index in [2.05, 4.69) is 4.98 Å². The molecule has 0 spiro atoms. The number of rotatable bonds is 5. The highest BCUT2D eigenvalue weighted by molar-refractivity contribution is 7.84. The Balaban J connectivity index is 2.48. The third-order valence-corrected chi connectivity index (χ3v) is 4.51.